The number of carbonyl (C=O) groups excluding carboxylic acids is 2. The fourth-order valence-electron chi connectivity index (χ4n) is 4.13. The molecule has 4 rings (SSSR count). The number of primary amides is 1. The van der Waals surface area contributed by atoms with Gasteiger partial charge in [0.1, 0.15) is 16.9 Å². The van der Waals surface area contributed by atoms with Gasteiger partial charge in [0.15, 0.2) is 17.7 Å². The maximum Gasteiger partial charge on any atom is 0.255 e. The highest BCUT2D eigenvalue weighted by molar-refractivity contribution is 6.00. The molecule has 33 heavy (non-hydrogen) atoms. The van der Waals surface area contributed by atoms with Gasteiger partial charge in [-0.05, 0) is 36.6 Å². The summed E-state index contributed by atoms with van der Waals surface area (Å²) in [5, 5.41) is 7.63. The van der Waals surface area contributed by atoms with E-state index in [2.05, 4.69) is 33.8 Å². The minimum atomic E-state index is -0.646. The first kappa shape index (κ1) is 22.1. The maximum absolute atomic E-state index is 12.3. The number of hydrogen-bond acceptors (Lipinski definition) is 7. The van der Waals surface area contributed by atoms with Gasteiger partial charge >= 0.3 is 0 Å². The van der Waals surface area contributed by atoms with Gasteiger partial charge in [0.25, 0.3) is 5.91 Å². The fraction of sp³-hybridized carbons (Fsp3) is 0.304. The third-order valence-electron chi connectivity index (χ3n) is 5.60. The van der Waals surface area contributed by atoms with Gasteiger partial charge in [0, 0.05) is 26.3 Å². The van der Waals surface area contributed by atoms with Gasteiger partial charge < -0.3 is 25.1 Å². The molecule has 1 aliphatic rings. The van der Waals surface area contributed by atoms with E-state index in [0.717, 1.165) is 0 Å². The lowest BCUT2D eigenvalue weighted by Crippen LogP contribution is -2.37. The Morgan fingerprint density at radius 2 is 2.24 bits per heavy atom. The van der Waals surface area contributed by atoms with Gasteiger partial charge in [-0.2, -0.15) is 5.10 Å². The number of fused-ring (bicyclic) bond motifs is 1. The van der Waals surface area contributed by atoms with Crippen molar-refractivity contribution >= 4 is 28.7 Å². The summed E-state index contributed by atoms with van der Waals surface area (Å²) in [5.41, 5.74) is 8.17. The number of likely N-dealkylation sites (tertiary alicyclic amines) is 1. The molecule has 0 bridgehead atoms. The van der Waals surface area contributed by atoms with Crippen LogP contribution in [0, 0.1) is 11.8 Å². The molecule has 1 saturated heterocycles. The predicted octanol–water partition coefficient (Wildman–Crippen LogP) is 1.54. The van der Waals surface area contributed by atoms with Crippen LogP contribution in [0.3, 0.4) is 0 Å². The average Bonchev–Trinajstić information content (AvgIpc) is 3.53. The van der Waals surface area contributed by atoms with Crippen LogP contribution in [0.4, 0.5) is 5.82 Å². The van der Waals surface area contributed by atoms with Crippen LogP contribution < -0.4 is 11.1 Å². The van der Waals surface area contributed by atoms with Crippen LogP contribution >= 0.6 is 0 Å². The molecule has 2 atom stereocenters. The van der Waals surface area contributed by atoms with E-state index in [1.54, 1.807) is 41.9 Å². The molecule has 0 radical (unpaired) electrons. The third-order valence-corrected chi connectivity index (χ3v) is 5.60. The molecule has 1 aromatic carbocycles. The molecule has 3 heterocycles. The first-order chi connectivity index (χ1) is 16.0. The van der Waals surface area contributed by atoms with Gasteiger partial charge in [0.05, 0.1) is 18.7 Å². The molecular formula is C23H24N6O4. The molecule has 0 aliphatic carbocycles. The number of nitrogens with two attached hydrogens (primary N) is 1. The number of methoxy groups -OCH3 is 1. The quantitative estimate of drug-likeness (QED) is 0.432. The SMILES string of the molecule is C=CC(=O)N1CC(n2nc(C#Cc3ccc4ocnc4c3)c(C(N)=O)c2NC)C[C@@H]1COC. The zero-order valence-electron chi connectivity index (χ0n) is 18.4. The van der Waals surface area contributed by atoms with Crippen molar-refractivity contribution in [3.8, 4) is 11.8 Å². The molecule has 170 valence electrons. The van der Waals surface area contributed by atoms with Crippen LogP contribution in [0.1, 0.15) is 34.1 Å². The highest BCUT2D eigenvalue weighted by atomic mass is 16.5. The van der Waals surface area contributed by atoms with Crippen LogP contribution in [0.5, 0.6) is 0 Å². The van der Waals surface area contributed by atoms with Crippen molar-refractivity contribution in [2.24, 2.45) is 5.73 Å². The molecule has 1 unspecified atom stereocenters. The molecular weight excluding hydrogens is 424 g/mol. The highest BCUT2D eigenvalue weighted by Gasteiger charge is 2.37. The third kappa shape index (κ3) is 4.18. The van der Waals surface area contributed by atoms with Gasteiger partial charge in [-0.3, -0.25) is 9.59 Å². The molecule has 0 saturated carbocycles. The van der Waals surface area contributed by atoms with Gasteiger partial charge in [-0.1, -0.05) is 12.5 Å². The molecule has 3 aromatic rings. The van der Waals surface area contributed by atoms with E-state index in [4.69, 9.17) is 14.9 Å². The number of oxazole rings is 1. The standard InChI is InChI=1S/C23H24N6O4/c1-4-20(30)28-11-15(10-16(28)12-32-3)29-23(25-2)21(22(24)31)17(27-29)7-5-14-6-8-19-18(9-14)26-13-33-19/h4,6,8-9,13,15-16,25H,1,10-12H2,2-3H3,(H2,24,31)/t15?,16-/m1/s1. The highest BCUT2D eigenvalue weighted by Crippen LogP contribution is 2.32. The first-order valence-electron chi connectivity index (χ1n) is 10.3. The Morgan fingerprint density at radius 1 is 1.42 bits per heavy atom. The lowest BCUT2D eigenvalue weighted by Gasteiger charge is -2.22. The summed E-state index contributed by atoms with van der Waals surface area (Å²) in [6, 6.07) is 5.03. The van der Waals surface area contributed by atoms with Gasteiger partial charge in [-0.25, -0.2) is 9.67 Å². The number of rotatable bonds is 6. The van der Waals surface area contributed by atoms with E-state index in [9.17, 15) is 9.59 Å². The second kappa shape index (κ2) is 9.18. The molecule has 1 aliphatic heterocycles. The number of hydrogen-bond donors (Lipinski definition) is 2. The maximum atomic E-state index is 12.3. The Bertz CT molecular complexity index is 1280. The average molecular weight is 448 g/mol. The molecule has 1 fully saturated rings. The molecule has 10 heteroatoms. The summed E-state index contributed by atoms with van der Waals surface area (Å²) in [6.45, 7) is 4.36. The van der Waals surface area contributed by atoms with Crippen molar-refractivity contribution in [2.75, 3.05) is 32.6 Å². The minimum absolute atomic E-state index is 0.139. The summed E-state index contributed by atoms with van der Waals surface area (Å²) < 4.78 is 12.2. The number of carbonyl (C=O) groups is 2. The monoisotopic (exact) mass is 448 g/mol. The summed E-state index contributed by atoms with van der Waals surface area (Å²) >= 11 is 0. The molecule has 2 amide bonds. The van der Waals surface area contributed by atoms with Crippen LogP contribution in [-0.4, -0.2) is 64.8 Å². The molecule has 2 aromatic heterocycles. The number of benzene rings is 1. The first-order valence-corrected chi connectivity index (χ1v) is 10.3. The summed E-state index contributed by atoms with van der Waals surface area (Å²) in [5.74, 6) is 5.60. The van der Waals surface area contributed by atoms with Gasteiger partial charge in [-0.15, -0.1) is 0 Å². The van der Waals surface area contributed by atoms with E-state index in [0.29, 0.717) is 42.1 Å². The Balaban J connectivity index is 1.72. The van der Waals surface area contributed by atoms with Crippen molar-refractivity contribution in [1.29, 1.82) is 0 Å². The fourth-order valence-corrected chi connectivity index (χ4v) is 4.13. The van der Waals surface area contributed by atoms with E-state index >= 15 is 0 Å². The van der Waals surface area contributed by atoms with E-state index in [-0.39, 0.29) is 29.2 Å². The number of aromatic nitrogens is 3. The van der Waals surface area contributed by atoms with Crippen LogP contribution in [0.2, 0.25) is 0 Å². The summed E-state index contributed by atoms with van der Waals surface area (Å²) in [4.78, 5) is 30.5. The van der Waals surface area contributed by atoms with Crippen LogP contribution in [0.15, 0.2) is 41.7 Å². The zero-order valence-corrected chi connectivity index (χ0v) is 18.4. The van der Waals surface area contributed by atoms with Crippen molar-refractivity contribution < 1.29 is 18.7 Å². The summed E-state index contributed by atoms with van der Waals surface area (Å²) in [6.07, 6.45) is 3.25. The Kier molecular flexibility index (Phi) is 6.15. The Labute approximate surface area is 190 Å². The van der Waals surface area contributed by atoms with Crippen LogP contribution in [-0.2, 0) is 9.53 Å². The Hall–Kier alpha value is -4.10. The lowest BCUT2D eigenvalue weighted by molar-refractivity contribution is -0.127. The summed E-state index contributed by atoms with van der Waals surface area (Å²) in [7, 11) is 3.27. The molecule has 3 N–H and O–H groups in total. The molecule has 10 nitrogen and oxygen atoms in total. The number of amides is 2. The molecule has 0 spiro atoms. The second-order valence-corrected chi connectivity index (χ2v) is 7.61. The minimum Gasteiger partial charge on any atom is -0.443 e. The largest absolute Gasteiger partial charge is 0.443 e. The van der Waals surface area contributed by atoms with E-state index < -0.39 is 5.91 Å². The Morgan fingerprint density at radius 3 is 2.94 bits per heavy atom. The normalized spacial score (nSPS) is 17.6. The number of ether oxygens (including phenoxy) is 1. The van der Waals surface area contributed by atoms with Crippen molar-refractivity contribution in [3.63, 3.8) is 0 Å². The topological polar surface area (TPSA) is 129 Å². The predicted molar refractivity (Wildman–Crippen MR) is 122 cm³/mol. The number of nitrogens with zero attached hydrogens (tertiary/aromatic N) is 4. The number of anilines is 1. The zero-order chi connectivity index (χ0) is 23.5. The lowest BCUT2D eigenvalue weighted by atomic mass is 10.1. The van der Waals surface area contributed by atoms with Crippen molar-refractivity contribution in [3.05, 3.63) is 54.1 Å². The number of nitrogens with one attached hydrogen (secondary N) is 1. The van der Waals surface area contributed by atoms with Gasteiger partial charge in [0.2, 0.25) is 5.91 Å². The van der Waals surface area contributed by atoms with Crippen molar-refractivity contribution in [2.45, 2.75) is 18.5 Å². The smallest absolute Gasteiger partial charge is 0.255 e. The van der Waals surface area contributed by atoms with Crippen LogP contribution in [0.25, 0.3) is 11.1 Å². The van der Waals surface area contributed by atoms with E-state index in [1.807, 2.05) is 0 Å². The van der Waals surface area contributed by atoms with E-state index in [1.165, 1.54) is 12.5 Å². The second-order valence-electron chi connectivity index (χ2n) is 7.61. The van der Waals surface area contributed by atoms with Crippen molar-refractivity contribution in [1.82, 2.24) is 19.7 Å².